The van der Waals surface area contributed by atoms with Gasteiger partial charge in [-0.2, -0.15) is 0 Å². The number of nitrogens with one attached hydrogen (secondary N) is 1. The molecule has 0 fully saturated rings. The van der Waals surface area contributed by atoms with Crippen LogP contribution >= 0.6 is 23.1 Å². The molecule has 0 saturated carbocycles. The average Bonchev–Trinajstić information content (AvgIpc) is 3.20. The quantitative estimate of drug-likeness (QED) is 0.325. The van der Waals surface area contributed by atoms with Gasteiger partial charge in [0.05, 0.1) is 11.9 Å². The number of sulfonamides is 1. The second-order valence-corrected chi connectivity index (χ2v) is 11.0. The Balaban J connectivity index is 1.74. The molecule has 1 aromatic heterocycles. The molecule has 11 heteroatoms. The number of hydrogen-bond donors (Lipinski definition) is 1. The molecule has 0 bridgehead atoms. The number of carbonyl (C=O) groups excluding carboxylic acids is 1. The van der Waals surface area contributed by atoms with E-state index in [0.717, 1.165) is 27.1 Å². The van der Waals surface area contributed by atoms with Crippen molar-refractivity contribution in [3.05, 3.63) is 54.6 Å². The second kappa shape index (κ2) is 10.8. The number of benzene rings is 2. The van der Waals surface area contributed by atoms with Crippen LogP contribution in [-0.4, -0.2) is 42.6 Å². The van der Waals surface area contributed by atoms with Crippen molar-refractivity contribution in [2.45, 2.75) is 30.6 Å². The fraction of sp³-hybridized carbons (Fsp3) is 0.286. The monoisotopic (exact) mass is 492 g/mol. The number of anilines is 2. The van der Waals surface area contributed by atoms with Crippen LogP contribution in [0.5, 0.6) is 11.5 Å². The summed E-state index contributed by atoms with van der Waals surface area (Å²) < 4.78 is 32.6. The number of thioether (sulfide) groups is 1. The summed E-state index contributed by atoms with van der Waals surface area (Å²) in [6.07, 6.45) is 2.07. The Bertz CT molecular complexity index is 1140. The van der Waals surface area contributed by atoms with Gasteiger partial charge in [0, 0.05) is 5.75 Å². The first-order chi connectivity index (χ1) is 15.3. The van der Waals surface area contributed by atoms with Gasteiger partial charge in [0.1, 0.15) is 17.5 Å². The van der Waals surface area contributed by atoms with Gasteiger partial charge in [0.15, 0.2) is 4.34 Å². The van der Waals surface area contributed by atoms with E-state index in [-0.39, 0.29) is 0 Å². The van der Waals surface area contributed by atoms with Crippen molar-refractivity contribution in [3.8, 4) is 11.5 Å². The summed E-state index contributed by atoms with van der Waals surface area (Å²) in [6, 6.07) is 14.8. The van der Waals surface area contributed by atoms with Gasteiger partial charge in [0.25, 0.3) is 0 Å². The maximum absolute atomic E-state index is 12.8. The van der Waals surface area contributed by atoms with E-state index in [1.807, 2.05) is 30.3 Å². The van der Waals surface area contributed by atoms with Crippen LogP contribution in [0.15, 0.2) is 58.9 Å². The van der Waals surface area contributed by atoms with Crippen LogP contribution in [0.3, 0.4) is 0 Å². The second-order valence-electron chi connectivity index (χ2n) is 6.85. The molecular formula is C21H24N4O4S3. The van der Waals surface area contributed by atoms with Crippen LogP contribution in [0.25, 0.3) is 0 Å². The lowest BCUT2D eigenvalue weighted by atomic mass is 10.2. The zero-order valence-corrected chi connectivity index (χ0v) is 20.3. The number of amides is 1. The lowest BCUT2D eigenvalue weighted by Crippen LogP contribution is -2.45. The highest BCUT2D eigenvalue weighted by Gasteiger charge is 2.29. The van der Waals surface area contributed by atoms with Crippen LogP contribution in [0.2, 0.25) is 0 Å². The van der Waals surface area contributed by atoms with Crippen molar-refractivity contribution in [1.82, 2.24) is 10.2 Å². The molecule has 170 valence electrons. The Kier molecular flexibility index (Phi) is 8.10. The Morgan fingerprint density at radius 2 is 1.78 bits per heavy atom. The molecule has 0 spiro atoms. The van der Waals surface area contributed by atoms with Gasteiger partial charge in [-0.15, -0.1) is 10.2 Å². The van der Waals surface area contributed by atoms with E-state index in [2.05, 4.69) is 22.4 Å². The maximum Gasteiger partial charge on any atom is 0.249 e. The number of nitrogens with zero attached hydrogens (tertiary/aromatic N) is 3. The van der Waals surface area contributed by atoms with Crippen molar-refractivity contribution in [2.24, 2.45) is 0 Å². The molecule has 1 heterocycles. The third-order valence-electron chi connectivity index (χ3n) is 4.22. The van der Waals surface area contributed by atoms with Crippen LogP contribution in [0.4, 0.5) is 10.8 Å². The molecule has 8 nitrogen and oxygen atoms in total. The van der Waals surface area contributed by atoms with E-state index in [1.54, 1.807) is 36.0 Å². The van der Waals surface area contributed by atoms with Gasteiger partial charge in [-0.25, -0.2) is 8.42 Å². The molecule has 3 rings (SSSR count). The smallest absolute Gasteiger partial charge is 0.249 e. The standard InChI is InChI=1S/C21H24N4O4S3/c1-4-14-30-21-24-23-20(31-21)22-19(26)15(2)25(32(3,27)28)16-10-12-18(13-11-16)29-17-8-6-5-7-9-17/h5-13,15H,4,14H2,1-3H3,(H,22,23,26)/t15-/m0/s1. The van der Waals surface area contributed by atoms with E-state index >= 15 is 0 Å². The summed E-state index contributed by atoms with van der Waals surface area (Å²) in [4.78, 5) is 12.8. The summed E-state index contributed by atoms with van der Waals surface area (Å²) in [7, 11) is -3.74. The van der Waals surface area contributed by atoms with Crippen molar-refractivity contribution in [1.29, 1.82) is 0 Å². The van der Waals surface area contributed by atoms with E-state index in [4.69, 9.17) is 4.74 Å². The van der Waals surface area contributed by atoms with Gasteiger partial charge in [-0.1, -0.05) is 48.2 Å². The van der Waals surface area contributed by atoms with Crippen molar-refractivity contribution in [3.63, 3.8) is 0 Å². The largest absolute Gasteiger partial charge is 0.457 e. The van der Waals surface area contributed by atoms with E-state index in [1.165, 1.54) is 18.3 Å². The van der Waals surface area contributed by atoms with Crippen molar-refractivity contribution in [2.75, 3.05) is 21.6 Å². The Morgan fingerprint density at radius 3 is 2.41 bits per heavy atom. The van der Waals surface area contributed by atoms with Gasteiger partial charge in [-0.05, 0) is 49.7 Å². The molecular weight excluding hydrogens is 468 g/mol. The molecule has 1 N–H and O–H groups in total. The zero-order valence-electron chi connectivity index (χ0n) is 17.9. The average molecular weight is 493 g/mol. The summed E-state index contributed by atoms with van der Waals surface area (Å²) in [5.41, 5.74) is 0.354. The summed E-state index contributed by atoms with van der Waals surface area (Å²) in [5.74, 6) is 1.63. The minimum Gasteiger partial charge on any atom is -0.457 e. The molecule has 32 heavy (non-hydrogen) atoms. The molecule has 1 atom stereocenters. The van der Waals surface area contributed by atoms with E-state index in [9.17, 15) is 13.2 Å². The normalized spacial score (nSPS) is 12.2. The maximum atomic E-state index is 12.8. The predicted molar refractivity (Wildman–Crippen MR) is 129 cm³/mol. The molecule has 3 aromatic rings. The third kappa shape index (κ3) is 6.44. The number of hydrogen-bond acceptors (Lipinski definition) is 8. The lowest BCUT2D eigenvalue weighted by molar-refractivity contribution is -0.116. The highest BCUT2D eigenvalue weighted by atomic mass is 32.2. The Morgan fingerprint density at radius 1 is 1.12 bits per heavy atom. The number of para-hydroxylation sites is 1. The molecule has 0 aliphatic heterocycles. The number of aromatic nitrogens is 2. The fourth-order valence-electron chi connectivity index (χ4n) is 2.81. The molecule has 0 saturated heterocycles. The number of ether oxygens (including phenoxy) is 1. The first-order valence-corrected chi connectivity index (χ1v) is 13.5. The van der Waals surface area contributed by atoms with Crippen LogP contribution in [0.1, 0.15) is 20.3 Å². The summed E-state index contributed by atoms with van der Waals surface area (Å²) in [5, 5.41) is 11.0. The zero-order chi connectivity index (χ0) is 23.1. The highest BCUT2D eigenvalue weighted by molar-refractivity contribution is 8.01. The van der Waals surface area contributed by atoms with E-state index in [0.29, 0.717) is 22.3 Å². The molecule has 2 aromatic carbocycles. The van der Waals surface area contributed by atoms with Gasteiger partial charge in [0.2, 0.25) is 21.1 Å². The van der Waals surface area contributed by atoms with Crippen molar-refractivity contribution < 1.29 is 17.9 Å². The van der Waals surface area contributed by atoms with Gasteiger partial charge in [-0.3, -0.25) is 14.4 Å². The Labute approximate surface area is 196 Å². The van der Waals surface area contributed by atoms with Crippen LogP contribution < -0.4 is 14.4 Å². The minimum absolute atomic E-state index is 0.334. The molecule has 1 amide bonds. The van der Waals surface area contributed by atoms with Gasteiger partial charge >= 0.3 is 0 Å². The van der Waals surface area contributed by atoms with Gasteiger partial charge < -0.3 is 4.74 Å². The van der Waals surface area contributed by atoms with E-state index < -0.39 is 22.0 Å². The molecule has 0 aliphatic rings. The minimum atomic E-state index is -3.74. The Hall–Kier alpha value is -2.63. The first-order valence-electron chi connectivity index (χ1n) is 9.87. The molecule has 0 radical (unpaired) electrons. The van der Waals surface area contributed by atoms with Crippen LogP contribution in [-0.2, 0) is 14.8 Å². The van der Waals surface area contributed by atoms with Crippen molar-refractivity contribution >= 4 is 49.8 Å². The topological polar surface area (TPSA) is 101 Å². The summed E-state index contributed by atoms with van der Waals surface area (Å²) >= 11 is 2.82. The third-order valence-corrected chi connectivity index (χ3v) is 7.64. The SMILES string of the molecule is CCCSc1nnc(NC(=O)[C@H](C)N(c2ccc(Oc3ccccc3)cc2)S(C)(=O)=O)s1. The molecule has 0 unspecified atom stereocenters. The highest BCUT2D eigenvalue weighted by Crippen LogP contribution is 2.28. The number of rotatable bonds is 10. The fourth-order valence-corrected chi connectivity index (χ4v) is 5.67. The van der Waals surface area contributed by atoms with Crippen LogP contribution in [0, 0.1) is 0 Å². The number of carbonyl (C=O) groups is 1. The molecule has 0 aliphatic carbocycles. The lowest BCUT2D eigenvalue weighted by Gasteiger charge is -2.28. The summed E-state index contributed by atoms with van der Waals surface area (Å²) in [6.45, 7) is 3.59. The first kappa shape index (κ1) is 24.0. The predicted octanol–water partition coefficient (Wildman–Crippen LogP) is 4.63.